The van der Waals surface area contributed by atoms with Crippen molar-refractivity contribution in [1.29, 1.82) is 0 Å². The monoisotopic (exact) mass is 582 g/mol. The number of nitrogens with zero attached hydrogens (tertiary/aromatic N) is 1. The van der Waals surface area contributed by atoms with Crippen LogP contribution >= 0.6 is 0 Å². The number of nitrogens with two attached hydrogens (primary N) is 1. The Labute approximate surface area is 242 Å². The summed E-state index contributed by atoms with van der Waals surface area (Å²) in [4.78, 5) is 55.2. The summed E-state index contributed by atoms with van der Waals surface area (Å²) in [6.07, 6.45) is -1.40. The average Bonchev–Trinajstić information content (AvgIpc) is 2.93. The standard InChI is InChI=1S/C30H34N2O10/c1-32(2)23-16-9-13-8-15-14(12-10-18(40-3)26(42-5)19(11-12)41-4)6-7-17(33)21(15)24(34)20(13)27(36)30(16,39)28(37)22(25(23)35)29(31)38/h6-7,10-11,13,16,20,22-23,25,33,35,39H,8-9H2,1-5H3,(H2,31,38)/t13-,16-,20?,22?,23-,25?,30-/m1/s1. The number of carbonyl (C=O) groups is 4. The lowest BCUT2D eigenvalue weighted by atomic mass is 9.52. The maximum atomic E-state index is 14.0. The molecule has 3 unspecified atom stereocenters. The number of fused-ring (bicyclic) bond motifs is 3. The molecule has 1 amide bonds. The van der Waals surface area contributed by atoms with Gasteiger partial charge in [-0.3, -0.25) is 19.2 Å². The van der Waals surface area contributed by atoms with Gasteiger partial charge in [-0.15, -0.1) is 0 Å². The number of phenolic OH excluding ortho intramolecular Hbond substituents is 1. The zero-order valence-electron chi connectivity index (χ0n) is 23.9. The first-order valence-electron chi connectivity index (χ1n) is 13.5. The number of Topliss-reactive ketones (excluding diaryl/α,β-unsaturated/α-hetero) is 3. The number of aromatic hydroxyl groups is 1. The molecule has 2 saturated carbocycles. The van der Waals surface area contributed by atoms with Gasteiger partial charge >= 0.3 is 0 Å². The number of likely N-dealkylation sites (N-methyl/N-ethyl adjacent to an activating group) is 1. The minimum Gasteiger partial charge on any atom is -0.507 e. The molecule has 3 aliphatic carbocycles. The molecule has 5 rings (SSSR count). The largest absolute Gasteiger partial charge is 0.507 e. The van der Waals surface area contributed by atoms with Crippen molar-refractivity contribution in [2.75, 3.05) is 35.4 Å². The van der Waals surface area contributed by atoms with Crippen molar-refractivity contribution in [3.63, 3.8) is 0 Å². The first-order valence-corrected chi connectivity index (χ1v) is 13.5. The highest BCUT2D eigenvalue weighted by molar-refractivity contribution is 6.25. The van der Waals surface area contributed by atoms with Gasteiger partial charge in [0.1, 0.15) is 11.7 Å². The Balaban J connectivity index is 1.66. The van der Waals surface area contributed by atoms with E-state index in [2.05, 4.69) is 0 Å². The SMILES string of the molecule is COc1cc(-c2ccc(O)c3c2C[C@@H]2C[C@@H]4[C@@H](N(C)C)C(O)C(C(N)=O)C(=O)[C@]4(O)C(=O)C2C3=O)cc(OC)c1OC. The second kappa shape index (κ2) is 10.4. The van der Waals surface area contributed by atoms with Crippen molar-refractivity contribution in [1.82, 2.24) is 4.90 Å². The number of aliphatic hydroxyl groups is 2. The zero-order chi connectivity index (χ0) is 30.8. The van der Waals surface area contributed by atoms with Gasteiger partial charge in [-0.2, -0.15) is 0 Å². The number of hydrogen-bond acceptors (Lipinski definition) is 11. The van der Waals surface area contributed by atoms with Gasteiger partial charge in [0.25, 0.3) is 0 Å². The minimum atomic E-state index is -2.72. The molecule has 7 atom stereocenters. The van der Waals surface area contributed by atoms with Crippen LogP contribution in [0.25, 0.3) is 11.1 Å². The maximum absolute atomic E-state index is 14.0. The Kier molecular flexibility index (Phi) is 7.28. The van der Waals surface area contributed by atoms with Crippen LogP contribution < -0.4 is 19.9 Å². The van der Waals surface area contributed by atoms with Crippen molar-refractivity contribution < 1.29 is 48.7 Å². The third-order valence-corrected chi connectivity index (χ3v) is 9.15. The molecule has 2 aromatic rings. The molecule has 5 N–H and O–H groups in total. The number of methoxy groups -OCH3 is 3. The number of hydrogen-bond donors (Lipinski definition) is 4. The lowest BCUT2D eigenvalue weighted by molar-refractivity contribution is -0.190. The van der Waals surface area contributed by atoms with E-state index in [9.17, 15) is 34.5 Å². The summed E-state index contributed by atoms with van der Waals surface area (Å²) < 4.78 is 16.4. The second-order valence-corrected chi connectivity index (χ2v) is 11.4. The third-order valence-electron chi connectivity index (χ3n) is 9.15. The van der Waals surface area contributed by atoms with E-state index in [-0.39, 0.29) is 24.2 Å². The lowest BCUT2D eigenvalue weighted by Gasteiger charge is -2.54. The van der Waals surface area contributed by atoms with Crippen LogP contribution in [0, 0.1) is 23.7 Å². The maximum Gasteiger partial charge on any atom is 0.230 e. The summed E-state index contributed by atoms with van der Waals surface area (Å²) in [7, 11) is 7.61. The predicted octanol–water partition coefficient (Wildman–Crippen LogP) is 0.352. The van der Waals surface area contributed by atoms with E-state index in [1.54, 1.807) is 37.2 Å². The number of phenols is 1. The molecule has 42 heavy (non-hydrogen) atoms. The Morgan fingerprint density at radius 1 is 1.02 bits per heavy atom. The van der Waals surface area contributed by atoms with Gasteiger partial charge in [-0.1, -0.05) is 6.07 Å². The van der Waals surface area contributed by atoms with E-state index >= 15 is 0 Å². The van der Waals surface area contributed by atoms with E-state index in [4.69, 9.17) is 19.9 Å². The number of ketones is 3. The van der Waals surface area contributed by atoms with Crippen molar-refractivity contribution in [3.8, 4) is 34.1 Å². The highest BCUT2D eigenvalue weighted by atomic mass is 16.5. The van der Waals surface area contributed by atoms with Crippen LogP contribution in [0.4, 0.5) is 0 Å². The number of rotatable bonds is 6. The molecule has 0 aromatic heterocycles. The summed E-state index contributed by atoms with van der Waals surface area (Å²) in [5, 5.41) is 33.6. The quantitative estimate of drug-likeness (QED) is 0.345. The predicted molar refractivity (Wildman–Crippen MR) is 147 cm³/mol. The number of ether oxygens (including phenoxy) is 3. The average molecular weight is 583 g/mol. The molecule has 12 nitrogen and oxygen atoms in total. The molecular formula is C30H34N2O10. The first kappa shape index (κ1) is 29.5. The first-order chi connectivity index (χ1) is 19.8. The molecule has 224 valence electrons. The van der Waals surface area contributed by atoms with Crippen LogP contribution in [0.2, 0.25) is 0 Å². The van der Waals surface area contributed by atoms with Crippen LogP contribution in [0.3, 0.4) is 0 Å². The molecule has 2 aromatic carbocycles. The summed E-state index contributed by atoms with van der Waals surface area (Å²) in [5.74, 6) is -8.45. The third kappa shape index (κ3) is 4.00. The van der Waals surface area contributed by atoms with E-state index in [1.165, 1.54) is 27.4 Å². The normalized spacial score (nSPS) is 30.3. The molecule has 3 aliphatic rings. The fraction of sp³-hybridized carbons (Fsp3) is 0.467. The van der Waals surface area contributed by atoms with Gasteiger partial charge < -0.3 is 40.2 Å². The number of carbonyl (C=O) groups excluding carboxylic acids is 4. The van der Waals surface area contributed by atoms with Gasteiger partial charge in [0.2, 0.25) is 11.7 Å². The number of aliphatic hydroxyl groups excluding tert-OH is 1. The van der Waals surface area contributed by atoms with Gasteiger partial charge in [0.05, 0.1) is 38.9 Å². The van der Waals surface area contributed by atoms with Gasteiger partial charge in [-0.05, 0) is 67.7 Å². The van der Waals surface area contributed by atoms with Gasteiger partial charge in [0, 0.05) is 12.0 Å². The second-order valence-electron chi connectivity index (χ2n) is 11.4. The van der Waals surface area contributed by atoms with E-state index in [0.29, 0.717) is 33.9 Å². The zero-order valence-corrected chi connectivity index (χ0v) is 23.9. The van der Waals surface area contributed by atoms with E-state index in [1.807, 2.05) is 0 Å². The highest BCUT2D eigenvalue weighted by Crippen LogP contribution is 2.53. The van der Waals surface area contributed by atoms with Crippen molar-refractivity contribution >= 4 is 23.3 Å². The van der Waals surface area contributed by atoms with E-state index in [0.717, 1.165) is 0 Å². The van der Waals surface area contributed by atoms with E-state index < -0.39 is 64.7 Å². The Hall–Kier alpha value is -4.00. The van der Waals surface area contributed by atoms with Crippen LogP contribution in [0.1, 0.15) is 22.3 Å². The van der Waals surface area contributed by atoms with Crippen LogP contribution in [0.15, 0.2) is 24.3 Å². The Bertz CT molecular complexity index is 1480. The fourth-order valence-corrected chi connectivity index (χ4v) is 7.33. The molecule has 0 spiro atoms. The molecular weight excluding hydrogens is 548 g/mol. The van der Waals surface area contributed by atoms with Gasteiger partial charge in [0.15, 0.2) is 34.4 Å². The van der Waals surface area contributed by atoms with Crippen molar-refractivity contribution in [3.05, 3.63) is 35.4 Å². The van der Waals surface area contributed by atoms with Crippen LogP contribution in [0.5, 0.6) is 23.0 Å². The molecule has 0 saturated heterocycles. The van der Waals surface area contributed by atoms with Gasteiger partial charge in [-0.25, -0.2) is 0 Å². The number of amides is 1. The summed E-state index contributed by atoms with van der Waals surface area (Å²) in [6, 6.07) is 5.42. The molecule has 0 bridgehead atoms. The summed E-state index contributed by atoms with van der Waals surface area (Å²) in [6.45, 7) is 0. The van der Waals surface area contributed by atoms with Crippen molar-refractivity contribution in [2.45, 2.75) is 30.6 Å². The molecule has 0 heterocycles. The smallest absolute Gasteiger partial charge is 0.230 e. The van der Waals surface area contributed by atoms with Crippen LogP contribution in [-0.4, -0.2) is 96.6 Å². The summed E-state index contributed by atoms with van der Waals surface area (Å²) in [5.41, 5.74) is 4.29. The minimum absolute atomic E-state index is 0.0135. The summed E-state index contributed by atoms with van der Waals surface area (Å²) >= 11 is 0. The molecule has 2 fully saturated rings. The van der Waals surface area contributed by atoms with Crippen molar-refractivity contribution in [2.24, 2.45) is 29.4 Å². The lowest BCUT2D eigenvalue weighted by Crippen LogP contribution is -2.75. The Morgan fingerprint density at radius 3 is 2.17 bits per heavy atom. The highest BCUT2D eigenvalue weighted by Gasteiger charge is 2.69. The molecule has 12 heteroatoms. The number of primary amides is 1. The Morgan fingerprint density at radius 2 is 1.64 bits per heavy atom. The number of benzene rings is 2. The topological polar surface area (TPSA) is 186 Å². The molecule has 0 aliphatic heterocycles. The van der Waals surface area contributed by atoms with Crippen LogP contribution in [-0.2, 0) is 20.8 Å². The molecule has 0 radical (unpaired) electrons. The fourth-order valence-electron chi connectivity index (χ4n) is 7.33.